The molecule has 5 aromatic rings. The third-order valence-corrected chi connectivity index (χ3v) is 10.6. The molecule has 0 amide bonds. The maximum atomic E-state index is 14.7. The summed E-state index contributed by atoms with van der Waals surface area (Å²) in [6.07, 6.45) is 2.97. The van der Waals surface area contributed by atoms with Gasteiger partial charge in [0, 0.05) is 9.75 Å². The largest absolute Gasteiger partial charge is 0.203 e. The molecule has 1 atom stereocenters. The van der Waals surface area contributed by atoms with Crippen molar-refractivity contribution in [1.82, 2.24) is 0 Å². The van der Waals surface area contributed by atoms with E-state index in [1.807, 2.05) is 18.2 Å². The van der Waals surface area contributed by atoms with Gasteiger partial charge in [0.2, 0.25) is 5.82 Å². The fourth-order valence-corrected chi connectivity index (χ4v) is 8.20. The maximum Gasteiger partial charge on any atom is 0.200 e. The van der Waals surface area contributed by atoms with Gasteiger partial charge in [-0.15, -0.1) is 11.3 Å². The van der Waals surface area contributed by atoms with Crippen LogP contribution in [0.1, 0.15) is 60.9 Å². The van der Waals surface area contributed by atoms with E-state index in [4.69, 9.17) is 0 Å². The summed E-state index contributed by atoms with van der Waals surface area (Å²) in [5, 5.41) is -0.110. The van der Waals surface area contributed by atoms with E-state index in [1.165, 1.54) is 28.2 Å². The molecule has 4 aromatic carbocycles. The summed E-state index contributed by atoms with van der Waals surface area (Å²) < 4.78 is 71.0. The van der Waals surface area contributed by atoms with E-state index in [0.717, 1.165) is 70.6 Å². The van der Waals surface area contributed by atoms with E-state index in [9.17, 15) is 22.0 Å². The lowest BCUT2D eigenvalue weighted by atomic mass is 9.42. The topological polar surface area (TPSA) is 0 Å². The van der Waals surface area contributed by atoms with Gasteiger partial charge in [0.1, 0.15) is 0 Å². The molecule has 1 aromatic heterocycles. The van der Waals surface area contributed by atoms with Gasteiger partial charge in [0.05, 0.1) is 5.56 Å². The number of rotatable bonds is 9. The van der Waals surface area contributed by atoms with Gasteiger partial charge in [-0.25, -0.2) is 22.0 Å². The zero-order valence-corrected chi connectivity index (χ0v) is 27.3. The first-order valence-corrected chi connectivity index (χ1v) is 16.1. The van der Waals surface area contributed by atoms with Gasteiger partial charge in [-0.3, -0.25) is 0 Å². The van der Waals surface area contributed by atoms with Crippen molar-refractivity contribution in [2.75, 3.05) is 0 Å². The number of hydrogen-bond donors (Lipinski definition) is 0. The van der Waals surface area contributed by atoms with Crippen LogP contribution in [0.25, 0.3) is 32.0 Å². The molecular weight excluding hydrogens is 594 g/mol. The minimum absolute atomic E-state index is 0.0104. The van der Waals surface area contributed by atoms with E-state index >= 15 is 0 Å². The molecule has 0 saturated carbocycles. The van der Waals surface area contributed by atoms with Crippen LogP contribution in [0.3, 0.4) is 0 Å². The number of thiophene rings is 1. The SMILES string of the molecule is CCCC(Bc1ccc(-c2ccccc2)cc1)(CC)c1c(C)c(C)c(-c2ccc(-c3c(F)c(F)c(F)c(F)c3F)s2)c(C)c1C. The van der Waals surface area contributed by atoms with Gasteiger partial charge in [-0.1, -0.05) is 93.2 Å². The quantitative estimate of drug-likeness (QED) is 0.0658. The molecule has 0 bridgehead atoms. The fraction of sp³-hybridized carbons (Fsp3) is 0.263. The van der Waals surface area contributed by atoms with E-state index in [-0.39, 0.29) is 10.2 Å². The van der Waals surface area contributed by atoms with Gasteiger partial charge in [0.15, 0.2) is 30.5 Å². The zero-order chi connectivity index (χ0) is 32.6. The standard InChI is InChI=1S/C38H36BF5S/c1-7-20-38(8-2,39-27-16-14-26(15-17-27)25-12-10-9-11-13-25)32-23(5)21(3)30(22(4)24(32)6)28-18-19-29(45-28)31-33(40)35(42)37(44)36(43)34(31)41/h9-19,39H,7-8,20H2,1-6H3. The second-order valence-corrected chi connectivity index (χ2v) is 13.1. The smallest absolute Gasteiger partial charge is 0.200 e. The van der Waals surface area contributed by atoms with Crippen molar-refractivity contribution in [3.05, 3.63) is 124 Å². The lowest BCUT2D eigenvalue weighted by Gasteiger charge is -2.38. The number of benzene rings is 4. The summed E-state index contributed by atoms with van der Waals surface area (Å²) in [5.74, 6) is -9.68. The predicted octanol–water partition coefficient (Wildman–Crippen LogP) is 10.8. The van der Waals surface area contributed by atoms with E-state index in [2.05, 4.69) is 77.9 Å². The fourth-order valence-electron chi connectivity index (χ4n) is 7.00. The van der Waals surface area contributed by atoms with Crippen molar-refractivity contribution in [2.45, 2.75) is 66.1 Å². The summed E-state index contributed by atoms with van der Waals surface area (Å²) >= 11 is 1.03. The molecule has 1 heterocycles. The lowest BCUT2D eigenvalue weighted by molar-refractivity contribution is 0.381. The van der Waals surface area contributed by atoms with Crippen molar-refractivity contribution in [3.8, 4) is 32.0 Å². The number of halogens is 5. The highest BCUT2D eigenvalue weighted by Crippen LogP contribution is 2.46. The molecule has 1 unspecified atom stereocenters. The molecule has 0 fully saturated rings. The molecular formula is C38H36BF5S. The molecule has 0 nitrogen and oxygen atoms in total. The summed E-state index contributed by atoms with van der Waals surface area (Å²) in [7, 11) is 0.885. The minimum Gasteiger partial charge on any atom is -0.203 e. The summed E-state index contributed by atoms with van der Waals surface area (Å²) in [5.41, 5.74) is 9.43. The Hall–Kier alpha value is -3.71. The minimum atomic E-state index is -2.15. The molecule has 7 heteroatoms. The Morgan fingerprint density at radius 3 is 1.58 bits per heavy atom. The van der Waals surface area contributed by atoms with Crippen LogP contribution in [0.4, 0.5) is 22.0 Å². The maximum absolute atomic E-state index is 14.7. The Morgan fingerprint density at radius 1 is 0.578 bits per heavy atom. The molecule has 0 N–H and O–H groups in total. The van der Waals surface area contributed by atoms with Crippen LogP contribution in [0, 0.1) is 56.8 Å². The Kier molecular flexibility index (Phi) is 9.41. The summed E-state index contributed by atoms with van der Waals surface area (Å²) in [4.78, 5) is 0.708. The van der Waals surface area contributed by atoms with Crippen LogP contribution in [0.5, 0.6) is 0 Å². The summed E-state index contributed by atoms with van der Waals surface area (Å²) in [6, 6.07) is 22.3. The highest BCUT2D eigenvalue weighted by atomic mass is 32.1. The molecule has 0 aliphatic heterocycles. The molecule has 45 heavy (non-hydrogen) atoms. The third-order valence-electron chi connectivity index (χ3n) is 9.47. The van der Waals surface area contributed by atoms with Crippen LogP contribution in [0.15, 0.2) is 66.7 Å². The highest BCUT2D eigenvalue weighted by molar-refractivity contribution is 7.18. The van der Waals surface area contributed by atoms with Gasteiger partial charge in [-0.05, 0) is 89.6 Å². The average Bonchev–Trinajstić information content (AvgIpc) is 3.52. The Balaban J connectivity index is 1.58. The average molecular weight is 631 g/mol. The van der Waals surface area contributed by atoms with E-state index in [1.54, 1.807) is 6.07 Å². The Morgan fingerprint density at radius 2 is 1.07 bits per heavy atom. The van der Waals surface area contributed by atoms with Gasteiger partial charge < -0.3 is 0 Å². The van der Waals surface area contributed by atoms with Crippen molar-refractivity contribution in [2.24, 2.45) is 0 Å². The second kappa shape index (κ2) is 13.0. The van der Waals surface area contributed by atoms with E-state index < -0.39 is 34.6 Å². The van der Waals surface area contributed by atoms with Crippen molar-refractivity contribution < 1.29 is 22.0 Å². The monoisotopic (exact) mass is 630 g/mol. The van der Waals surface area contributed by atoms with Gasteiger partial charge in [-0.2, -0.15) is 0 Å². The van der Waals surface area contributed by atoms with Crippen molar-refractivity contribution >= 4 is 24.1 Å². The van der Waals surface area contributed by atoms with Crippen LogP contribution >= 0.6 is 11.3 Å². The summed E-state index contributed by atoms with van der Waals surface area (Å²) in [6.45, 7) is 12.9. The van der Waals surface area contributed by atoms with Gasteiger partial charge in [0.25, 0.3) is 0 Å². The molecule has 0 aliphatic rings. The van der Waals surface area contributed by atoms with Crippen molar-refractivity contribution in [1.29, 1.82) is 0 Å². The normalized spacial score (nSPS) is 12.8. The van der Waals surface area contributed by atoms with Crippen LogP contribution < -0.4 is 5.46 Å². The predicted molar refractivity (Wildman–Crippen MR) is 179 cm³/mol. The van der Waals surface area contributed by atoms with Crippen LogP contribution in [-0.4, -0.2) is 7.28 Å². The van der Waals surface area contributed by atoms with Gasteiger partial charge >= 0.3 is 0 Å². The zero-order valence-electron chi connectivity index (χ0n) is 26.5. The highest BCUT2D eigenvalue weighted by Gasteiger charge is 2.36. The molecule has 0 saturated heterocycles. The molecule has 5 rings (SSSR count). The first kappa shape index (κ1) is 32.7. The first-order chi connectivity index (χ1) is 21.5. The molecule has 0 radical (unpaired) electrons. The van der Waals surface area contributed by atoms with Crippen molar-refractivity contribution in [3.63, 3.8) is 0 Å². The lowest BCUT2D eigenvalue weighted by Crippen LogP contribution is -2.41. The third kappa shape index (κ3) is 5.76. The molecule has 232 valence electrons. The number of hydrogen-bond acceptors (Lipinski definition) is 1. The first-order valence-electron chi connectivity index (χ1n) is 15.3. The molecule has 0 spiro atoms. The Labute approximate surface area is 267 Å². The van der Waals surface area contributed by atoms with Crippen LogP contribution in [0.2, 0.25) is 0 Å². The van der Waals surface area contributed by atoms with Crippen LogP contribution in [-0.2, 0) is 5.31 Å². The Bertz CT molecular complexity index is 1800. The second-order valence-electron chi connectivity index (χ2n) is 12.0. The van der Waals surface area contributed by atoms with E-state index in [0.29, 0.717) is 0 Å². The molecule has 0 aliphatic carbocycles.